The van der Waals surface area contributed by atoms with E-state index in [0.717, 1.165) is 0 Å². The Morgan fingerprint density at radius 3 is 2.27 bits per heavy atom. The van der Waals surface area contributed by atoms with Gasteiger partial charge in [0.2, 0.25) is 10.0 Å². The van der Waals surface area contributed by atoms with E-state index in [1.807, 2.05) is 13.8 Å². The van der Waals surface area contributed by atoms with Gasteiger partial charge in [0.05, 0.1) is 10.9 Å². The van der Waals surface area contributed by atoms with Gasteiger partial charge in [0.25, 0.3) is 5.91 Å². The predicted octanol–water partition coefficient (Wildman–Crippen LogP) is 1.89. The zero-order valence-corrected chi connectivity index (χ0v) is 16.3. The van der Waals surface area contributed by atoms with Gasteiger partial charge >= 0.3 is 0 Å². The topological polar surface area (TPSA) is 103 Å². The number of carbonyl (C=O) groups is 2. The molecule has 0 unspecified atom stereocenters. The maximum absolute atomic E-state index is 13.0. The molecule has 1 N–H and O–H groups in total. The summed E-state index contributed by atoms with van der Waals surface area (Å²) >= 11 is 0. The Morgan fingerprint density at radius 2 is 1.77 bits per heavy atom. The molecule has 0 saturated carbocycles. The van der Waals surface area contributed by atoms with Gasteiger partial charge in [0.1, 0.15) is 10.5 Å². The molecule has 2 rings (SSSR count). The van der Waals surface area contributed by atoms with E-state index in [-0.39, 0.29) is 33.0 Å². The van der Waals surface area contributed by atoms with Crippen LogP contribution in [0.4, 0.5) is 0 Å². The first kappa shape index (κ1) is 20.1. The molecule has 0 aliphatic carbocycles. The SMILES string of the molecule is CCN(CC)C(=O)c1c(C=O)cnc2[nH]cc(S(=O)(=O)N(CC)CC)c12. The Morgan fingerprint density at radius 1 is 1.15 bits per heavy atom. The number of rotatable bonds is 8. The van der Waals surface area contributed by atoms with Crippen molar-refractivity contribution in [2.45, 2.75) is 32.6 Å². The maximum Gasteiger partial charge on any atom is 0.255 e. The number of aromatic nitrogens is 2. The van der Waals surface area contributed by atoms with E-state index < -0.39 is 10.0 Å². The zero-order chi connectivity index (χ0) is 19.5. The monoisotopic (exact) mass is 380 g/mol. The van der Waals surface area contributed by atoms with Crippen LogP contribution in [0.2, 0.25) is 0 Å². The minimum absolute atomic E-state index is 0.0390. The minimum Gasteiger partial charge on any atom is -0.345 e. The second-order valence-corrected chi connectivity index (χ2v) is 7.56. The van der Waals surface area contributed by atoms with Crippen LogP contribution in [0.25, 0.3) is 11.0 Å². The fourth-order valence-corrected chi connectivity index (χ4v) is 4.60. The summed E-state index contributed by atoms with van der Waals surface area (Å²) in [6, 6.07) is 0. The summed E-state index contributed by atoms with van der Waals surface area (Å²) in [7, 11) is -3.83. The normalized spacial score (nSPS) is 11.9. The van der Waals surface area contributed by atoms with Crippen molar-refractivity contribution in [2.24, 2.45) is 0 Å². The predicted molar refractivity (Wildman–Crippen MR) is 98.8 cm³/mol. The van der Waals surface area contributed by atoms with Crippen molar-refractivity contribution in [3.63, 3.8) is 0 Å². The number of sulfonamides is 1. The summed E-state index contributed by atoms with van der Waals surface area (Å²) < 4.78 is 27.3. The van der Waals surface area contributed by atoms with E-state index in [2.05, 4.69) is 9.97 Å². The van der Waals surface area contributed by atoms with Gasteiger partial charge in [-0.05, 0) is 13.8 Å². The van der Waals surface area contributed by atoms with Crippen molar-refractivity contribution in [3.05, 3.63) is 23.5 Å². The van der Waals surface area contributed by atoms with Gasteiger partial charge < -0.3 is 9.88 Å². The Hall–Kier alpha value is -2.26. The number of hydrogen-bond acceptors (Lipinski definition) is 5. The maximum atomic E-state index is 13.0. The van der Waals surface area contributed by atoms with Crippen molar-refractivity contribution in [2.75, 3.05) is 26.2 Å². The van der Waals surface area contributed by atoms with E-state index in [4.69, 9.17) is 0 Å². The van der Waals surface area contributed by atoms with Crippen molar-refractivity contribution >= 4 is 33.3 Å². The van der Waals surface area contributed by atoms with E-state index >= 15 is 0 Å². The van der Waals surface area contributed by atoms with Crippen molar-refractivity contribution in [1.29, 1.82) is 0 Å². The average molecular weight is 380 g/mol. The molecule has 0 radical (unpaired) electrons. The number of nitrogens with one attached hydrogen (secondary N) is 1. The second-order valence-electron chi connectivity index (χ2n) is 5.65. The number of hydrogen-bond donors (Lipinski definition) is 1. The van der Waals surface area contributed by atoms with Crippen LogP contribution in [0.1, 0.15) is 48.4 Å². The Labute approximate surface area is 153 Å². The molecular weight excluding hydrogens is 356 g/mol. The highest BCUT2D eigenvalue weighted by atomic mass is 32.2. The molecule has 2 aromatic heterocycles. The molecule has 2 aromatic rings. The molecule has 1 amide bonds. The smallest absolute Gasteiger partial charge is 0.255 e. The Bertz CT molecular complexity index is 912. The van der Waals surface area contributed by atoms with Crippen LogP contribution < -0.4 is 0 Å². The molecule has 0 saturated heterocycles. The van der Waals surface area contributed by atoms with Crippen LogP contribution in [0.3, 0.4) is 0 Å². The number of aldehydes is 1. The first-order valence-electron chi connectivity index (χ1n) is 8.61. The van der Waals surface area contributed by atoms with Gasteiger partial charge in [0.15, 0.2) is 6.29 Å². The highest BCUT2D eigenvalue weighted by Gasteiger charge is 2.30. The lowest BCUT2D eigenvalue weighted by atomic mass is 10.1. The quantitative estimate of drug-likeness (QED) is 0.704. The van der Waals surface area contributed by atoms with E-state index in [9.17, 15) is 18.0 Å². The third-order valence-corrected chi connectivity index (χ3v) is 6.48. The lowest BCUT2D eigenvalue weighted by molar-refractivity contribution is 0.0771. The highest BCUT2D eigenvalue weighted by Crippen LogP contribution is 2.30. The summed E-state index contributed by atoms with van der Waals surface area (Å²) in [6.45, 7) is 8.62. The summed E-state index contributed by atoms with van der Waals surface area (Å²) in [5.41, 5.74) is 0.405. The van der Waals surface area contributed by atoms with Crippen LogP contribution in [-0.2, 0) is 10.0 Å². The Kier molecular flexibility index (Phi) is 6.14. The number of pyridine rings is 1. The van der Waals surface area contributed by atoms with Crippen LogP contribution in [0.5, 0.6) is 0 Å². The number of amides is 1. The van der Waals surface area contributed by atoms with Crippen LogP contribution in [0.15, 0.2) is 17.3 Å². The van der Waals surface area contributed by atoms with Crippen molar-refractivity contribution < 1.29 is 18.0 Å². The van der Waals surface area contributed by atoms with Gasteiger partial charge in [-0.25, -0.2) is 13.4 Å². The number of nitrogens with zero attached hydrogens (tertiary/aromatic N) is 3. The van der Waals surface area contributed by atoms with Crippen LogP contribution >= 0.6 is 0 Å². The van der Waals surface area contributed by atoms with Gasteiger partial charge in [-0.3, -0.25) is 9.59 Å². The van der Waals surface area contributed by atoms with E-state index in [0.29, 0.717) is 32.5 Å². The van der Waals surface area contributed by atoms with E-state index in [1.54, 1.807) is 18.7 Å². The molecule has 0 bridgehead atoms. The lowest BCUT2D eigenvalue weighted by Crippen LogP contribution is -2.33. The second kappa shape index (κ2) is 7.96. The molecule has 0 aliphatic rings. The first-order chi connectivity index (χ1) is 12.4. The Balaban J connectivity index is 2.85. The third-order valence-electron chi connectivity index (χ3n) is 4.41. The van der Waals surface area contributed by atoms with Crippen molar-refractivity contribution in [1.82, 2.24) is 19.2 Å². The van der Waals surface area contributed by atoms with Gasteiger partial charge in [-0.1, -0.05) is 13.8 Å². The van der Waals surface area contributed by atoms with Gasteiger partial charge in [-0.2, -0.15) is 4.31 Å². The minimum atomic E-state index is -3.83. The largest absolute Gasteiger partial charge is 0.345 e. The molecule has 0 spiro atoms. The fourth-order valence-electron chi connectivity index (χ4n) is 2.98. The number of aromatic amines is 1. The van der Waals surface area contributed by atoms with Crippen molar-refractivity contribution in [3.8, 4) is 0 Å². The molecule has 0 aromatic carbocycles. The molecule has 0 atom stereocenters. The summed E-state index contributed by atoms with van der Waals surface area (Å²) in [5.74, 6) is -0.389. The summed E-state index contributed by atoms with van der Waals surface area (Å²) in [6.07, 6.45) is 3.15. The van der Waals surface area contributed by atoms with Crippen LogP contribution in [-0.4, -0.2) is 66.0 Å². The summed E-state index contributed by atoms with van der Waals surface area (Å²) in [5, 5.41) is 0.165. The number of H-pyrrole nitrogens is 1. The molecule has 9 heteroatoms. The molecular formula is C17H24N4O4S. The molecule has 8 nitrogen and oxygen atoms in total. The first-order valence-corrected chi connectivity index (χ1v) is 10.1. The zero-order valence-electron chi connectivity index (χ0n) is 15.4. The summed E-state index contributed by atoms with van der Waals surface area (Å²) in [4.78, 5) is 33.0. The standard InChI is InChI=1S/C17H24N4O4S/c1-5-20(6-2)17(23)14-12(11-22)9-18-16-15(14)13(10-19-16)26(24,25)21(7-3)8-4/h9-11H,5-8H2,1-4H3,(H,18,19). The fraction of sp³-hybridized carbons (Fsp3) is 0.471. The molecule has 142 valence electrons. The third kappa shape index (κ3) is 3.24. The molecule has 2 heterocycles. The average Bonchev–Trinajstić information content (AvgIpc) is 3.07. The lowest BCUT2D eigenvalue weighted by Gasteiger charge is -2.21. The van der Waals surface area contributed by atoms with Gasteiger partial charge in [-0.15, -0.1) is 0 Å². The number of carbonyl (C=O) groups excluding carboxylic acids is 2. The molecule has 0 aliphatic heterocycles. The van der Waals surface area contributed by atoms with Crippen LogP contribution in [0, 0.1) is 0 Å². The van der Waals surface area contributed by atoms with E-state index in [1.165, 1.54) is 16.7 Å². The molecule has 0 fully saturated rings. The molecule has 26 heavy (non-hydrogen) atoms. The van der Waals surface area contributed by atoms with Gasteiger partial charge in [0, 0.05) is 44.1 Å². The highest BCUT2D eigenvalue weighted by molar-refractivity contribution is 7.89. The number of fused-ring (bicyclic) bond motifs is 1.